The Morgan fingerprint density at radius 2 is 2.12 bits per heavy atom. The van der Waals surface area contributed by atoms with E-state index >= 15 is 0 Å². The molecule has 2 aromatic rings. The molecule has 3 rings (SSSR count). The molecule has 136 valence electrons. The number of amides is 1. The van der Waals surface area contributed by atoms with Crippen LogP contribution < -0.4 is 5.32 Å². The van der Waals surface area contributed by atoms with E-state index in [0.717, 1.165) is 49.1 Å². The quantitative estimate of drug-likeness (QED) is 0.792. The van der Waals surface area contributed by atoms with Gasteiger partial charge in [0.2, 0.25) is 0 Å². The van der Waals surface area contributed by atoms with Gasteiger partial charge in [-0.2, -0.15) is 5.10 Å². The number of hydrogen-bond donors (Lipinski definition) is 1. The van der Waals surface area contributed by atoms with Gasteiger partial charge >= 0.3 is 0 Å². The summed E-state index contributed by atoms with van der Waals surface area (Å²) in [6.07, 6.45) is 4.83. The van der Waals surface area contributed by atoms with Crippen molar-refractivity contribution in [2.24, 2.45) is 0 Å². The lowest BCUT2D eigenvalue weighted by Crippen LogP contribution is -2.46. The van der Waals surface area contributed by atoms with Crippen LogP contribution in [0.3, 0.4) is 0 Å². The Hall–Kier alpha value is -1.37. The zero-order valence-electron chi connectivity index (χ0n) is 14.3. The standard InChI is InChI=1S/C18H23BrN4O.ClH/c1-2-11-22(15-6-9-20-10-7-15)18(24)17-8-12-23(21-17)16-5-3-4-14(19)13-16;/h3-5,8,12-13,15,20H,2,6-7,9-11H2,1H3;1H. The SMILES string of the molecule is CCCN(C(=O)c1ccn(-c2cccc(Br)c2)n1)C1CCNCC1.Cl. The summed E-state index contributed by atoms with van der Waals surface area (Å²) in [5.41, 5.74) is 1.45. The van der Waals surface area contributed by atoms with E-state index in [-0.39, 0.29) is 18.3 Å². The van der Waals surface area contributed by atoms with Crippen molar-refractivity contribution in [1.29, 1.82) is 0 Å². The molecular formula is C18H24BrClN4O. The maximum absolute atomic E-state index is 13.0. The molecule has 1 aromatic carbocycles. The van der Waals surface area contributed by atoms with Crippen molar-refractivity contribution in [3.05, 3.63) is 46.7 Å². The van der Waals surface area contributed by atoms with Gasteiger partial charge in [-0.25, -0.2) is 4.68 Å². The Bertz CT molecular complexity index is 700. The Labute approximate surface area is 163 Å². The van der Waals surface area contributed by atoms with Gasteiger partial charge < -0.3 is 10.2 Å². The minimum absolute atomic E-state index is 0. The van der Waals surface area contributed by atoms with Crippen molar-refractivity contribution in [2.45, 2.75) is 32.2 Å². The van der Waals surface area contributed by atoms with Crippen LogP contribution in [-0.2, 0) is 0 Å². The molecule has 0 aliphatic carbocycles. The van der Waals surface area contributed by atoms with Gasteiger partial charge in [0.05, 0.1) is 5.69 Å². The largest absolute Gasteiger partial charge is 0.334 e. The summed E-state index contributed by atoms with van der Waals surface area (Å²) in [5.74, 6) is 0.0393. The van der Waals surface area contributed by atoms with Crippen LogP contribution in [0, 0.1) is 0 Å². The fraction of sp³-hybridized carbons (Fsp3) is 0.444. The summed E-state index contributed by atoms with van der Waals surface area (Å²) in [5, 5.41) is 7.87. The highest BCUT2D eigenvalue weighted by Gasteiger charge is 2.26. The molecule has 0 bridgehead atoms. The lowest BCUT2D eigenvalue weighted by atomic mass is 10.0. The second-order valence-corrected chi connectivity index (χ2v) is 7.02. The fourth-order valence-corrected chi connectivity index (χ4v) is 3.54. The molecule has 1 aliphatic heterocycles. The molecule has 0 unspecified atom stereocenters. The molecular weight excluding hydrogens is 404 g/mol. The number of hydrogen-bond acceptors (Lipinski definition) is 3. The molecule has 2 heterocycles. The molecule has 1 aliphatic rings. The second-order valence-electron chi connectivity index (χ2n) is 6.11. The van der Waals surface area contributed by atoms with Crippen LogP contribution in [0.25, 0.3) is 5.69 Å². The summed E-state index contributed by atoms with van der Waals surface area (Å²) >= 11 is 3.47. The molecule has 0 radical (unpaired) electrons. The van der Waals surface area contributed by atoms with E-state index in [4.69, 9.17) is 0 Å². The summed E-state index contributed by atoms with van der Waals surface area (Å²) in [6, 6.07) is 10.0. The van der Waals surface area contributed by atoms with Gasteiger partial charge in [0.1, 0.15) is 0 Å². The van der Waals surface area contributed by atoms with Crippen LogP contribution in [0.15, 0.2) is 41.0 Å². The zero-order valence-corrected chi connectivity index (χ0v) is 16.7. The number of carbonyl (C=O) groups excluding carboxylic acids is 1. The van der Waals surface area contributed by atoms with Gasteiger partial charge in [-0.1, -0.05) is 28.9 Å². The average Bonchev–Trinajstić information content (AvgIpc) is 3.10. The normalized spacial score (nSPS) is 14.8. The third-order valence-corrected chi connectivity index (χ3v) is 4.85. The summed E-state index contributed by atoms with van der Waals surface area (Å²) in [4.78, 5) is 15.0. The minimum atomic E-state index is 0. The maximum atomic E-state index is 13.0. The molecule has 0 spiro atoms. The Morgan fingerprint density at radius 1 is 1.36 bits per heavy atom. The van der Waals surface area contributed by atoms with Gasteiger partial charge in [0.15, 0.2) is 5.69 Å². The number of nitrogens with zero attached hydrogens (tertiary/aromatic N) is 3. The van der Waals surface area contributed by atoms with Crippen LogP contribution in [0.2, 0.25) is 0 Å². The Balaban J connectivity index is 0.00000225. The molecule has 0 atom stereocenters. The monoisotopic (exact) mass is 426 g/mol. The Morgan fingerprint density at radius 3 is 2.80 bits per heavy atom. The van der Waals surface area contributed by atoms with Crippen LogP contribution in [0.1, 0.15) is 36.7 Å². The van der Waals surface area contributed by atoms with Crippen molar-refractivity contribution in [3.63, 3.8) is 0 Å². The minimum Gasteiger partial charge on any atom is -0.334 e. The van der Waals surface area contributed by atoms with E-state index in [1.807, 2.05) is 41.4 Å². The van der Waals surface area contributed by atoms with Gasteiger partial charge in [-0.3, -0.25) is 4.79 Å². The van der Waals surface area contributed by atoms with Crippen LogP contribution in [-0.4, -0.2) is 46.3 Å². The molecule has 1 N–H and O–H groups in total. The number of carbonyl (C=O) groups is 1. The van der Waals surface area contributed by atoms with E-state index in [0.29, 0.717) is 11.7 Å². The first-order valence-corrected chi connectivity index (χ1v) is 9.31. The summed E-state index contributed by atoms with van der Waals surface area (Å²) < 4.78 is 2.75. The topological polar surface area (TPSA) is 50.2 Å². The molecule has 7 heteroatoms. The molecule has 1 aromatic heterocycles. The van der Waals surface area contributed by atoms with Crippen molar-refractivity contribution in [3.8, 4) is 5.69 Å². The Kier molecular flexibility index (Phi) is 7.47. The highest BCUT2D eigenvalue weighted by atomic mass is 79.9. The van der Waals surface area contributed by atoms with Gasteiger partial charge in [0.25, 0.3) is 5.91 Å². The van der Waals surface area contributed by atoms with Crippen LogP contribution in [0.5, 0.6) is 0 Å². The molecule has 5 nitrogen and oxygen atoms in total. The first-order valence-electron chi connectivity index (χ1n) is 8.52. The van der Waals surface area contributed by atoms with Gasteiger partial charge in [-0.05, 0) is 56.6 Å². The van der Waals surface area contributed by atoms with Crippen molar-refractivity contribution in [2.75, 3.05) is 19.6 Å². The third kappa shape index (κ3) is 4.84. The van der Waals surface area contributed by atoms with Crippen LogP contribution in [0.4, 0.5) is 0 Å². The maximum Gasteiger partial charge on any atom is 0.274 e. The molecule has 1 fully saturated rings. The van der Waals surface area contributed by atoms with E-state index in [1.165, 1.54) is 0 Å². The zero-order chi connectivity index (χ0) is 16.9. The number of rotatable bonds is 5. The number of halogens is 2. The number of benzene rings is 1. The fourth-order valence-electron chi connectivity index (χ4n) is 3.16. The predicted molar refractivity (Wildman–Crippen MR) is 106 cm³/mol. The highest BCUT2D eigenvalue weighted by Crippen LogP contribution is 2.18. The van der Waals surface area contributed by atoms with Crippen molar-refractivity contribution >= 4 is 34.2 Å². The summed E-state index contributed by atoms with van der Waals surface area (Å²) in [7, 11) is 0. The number of piperidine rings is 1. The predicted octanol–water partition coefficient (Wildman–Crippen LogP) is 3.66. The first kappa shape index (κ1) is 19.9. The second kappa shape index (κ2) is 9.36. The first-order chi connectivity index (χ1) is 11.7. The molecule has 25 heavy (non-hydrogen) atoms. The van der Waals surface area contributed by atoms with Gasteiger partial charge in [-0.15, -0.1) is 12.4 Å². The lowest BCUT2D eigenvalue weighted by molar-refractivity contribution is 0.0636. The van der Waals surface area contributed by atoms with E-state index in [2.05, 4.69) is 33.3 Å². The van der Waals surface area contributed by atoms with E-state index in [9.17, 15) is 4.79 Å². The number of nitrogens with one attached hydrogen (secondary N) is 1. The van der Waals surface area contributed by atoms with Crippen molar-refractivity contribution in [1.82, 2.24) is 20.0 Å². The average molecular weight is 428 g/mol. The van der Waals surface area contributed by atoms with Crippen LogP contribution >= 0.6 is 28.3 Å². The highest BCUT2D eigenvalue weighted by molar-refractivity contribution is 9.10. The number of aromatic nitrogens is 2. The smallest absolute Gasteiger partial charge is 0.274 e. The molecule has 0 saturated carbocycles. The van der Waals surface area contributed by atoms with Crippen molar-refractivity contribution < 1.29 is 4.79 Å². The van der Waals surface area contributed by atoms with Gasteiger partial charge in [0, 0.05) is 23.3 Å². The molecule has 1 saturated heterocycles. The van der Waals surface area contributed by atoms with E-state index < -0.39 is 0 Å². The summed E-state index contributed by atoms with van der Waals surface area (Å²) in [6.45, 7) is 4.85. The molecule has 1 amide bonds. The van der Waals surface area contributed by atoms with E-state index in [1.54, 1.807) is 4.68 Å². The lowest BCUT2D eigenvalue weighted by Gasteiger charge is -2.34. The third-order valence-electron chi connectivity index (χ3n) is 4.36.